The number of Topliss-reactive ketones (excluding diaryl/α,β-unsaturated/α-hetero) is 1. The summed E-state index contributed by atoms with van der Waals surface area (Å²) in [5, 5.41) is 11.7. The molecule has 1 aromatic heterocycles. The third-order valence-corrected chi connectivity index (χ3v) is 9.97. The highest BCUT2D eigenvalue weighted by atomic mass is 35.5. The summed E-state index contributed by atoms with van der Waals surface area (Å²) < 4.78 is 11.3. The molecule has 0 saturated heterocycles. The smallest absolute Gasteiger partial charge is 0.375 e. The summed E-state index contributed by atoms with van der Waals surface area (Å²) in [5.41, 5.74) is -1.90. The van der Waals surface area contributed by atoms with E-state index in [9.17, 15) is 19.5 Å². The second kappa shape index (κ2) is 8.32. The van der Waals surface area contributed by atoms with Crippen molar-refractivity contribution < 1.29 is 28.6 Å². The van der Waals surface area contributed by atoms with Crippen molar-refractivity contribution in [2.75, 3.05) is 0 Å². The Morgan fingerprint density at radius 1 is 1.29 bits per heavy atom. The Kier molecular flexibility index (Phi) is 5.89. The zero-order chi connectivity index (χ0) is 25.3. The van der Waals surface area contributed by atoms with Crippen molar-refractivity contribution in [3.63, 3.8) is 0 Å². The molecule has 0 radical (unpaired) electrons. The first-order valence-electron chi connectivity index (χ1n) is 12.2. The fraction of sp³-hybridized carbons (Fsp3) is 0.593. The predicted octanol–water partition coefficient (Wildman–Crippen LogP) is 5.07. The number of alkyl halides is 2. The normalized spacial score (nSPS) is 42.2. The van der Waals surface area contributed by atoms with Gasteiger partial charge in [0.2, 0.25) is 11.5 Å². The van der Waals surface area contributed by atoms with Crippen LogP contribution in [0.25, 0.3) is 0 Å². The SMILES string of the molecule is CC1C[C@H]2[C@@H]3CCC4=CC(=O)C=C[C@]4(C)[C@H]3C(O)C[C@]2(C)[C@@]1(OC(=O)c1ccco1)C(=O)C(Cl)Cl. The highest BCUT2D eigenvalue weighted by molar-refractivity contribution is 6.54. The molecule has 1 heterocycles. The van der Waals surface area contributed by atoms with Gasteiger partial charge in [-0.25, -0.2) is 4.79 Å². The van der Waals surface area contributed by atoms with Gasteiger partial charge in [0.1, 0.15) is 0 Å². The van der Waals surface area contributed by atoms with E-state index in [1.165, 1.54) is 12.3 Å². The van der Waals surface area contributed by atoms with Crippen LogP contribution >= 0.6 is 23.2 Å². The summed E-state index contributed by atoms with van der Waals surface area (Å²) in [6, 6.07) is 3.06. The van der Waals surface area contributed by atoms with Crippen LogP contribution in [-0.4, -0.2) is 39.2 Å². The number of carbonyl (C=O) groups is 3. The molecule has 4 aliphatic rings. The quantitative estimate of drug-likeness (QED) is 0.439. The van der Waals surface area contributed by atoms with Crippen LogP contribution in [0, 0.1) is 34.5 Å². The number of ketones is 2. The Labute approximate surface area is 214 Å². The molecule has 188 valence electrons. The van der Waals surface area contributed by atoms with E-state index in [-0.39, 0.29) is 41.6 Å². The van der Waals surface area contributed by atoms with Crippen molar-refractivity contribution in [1.29, 1.82) is 0 Å². The third kappa shape index (κ3) is 3.36. The van der Waals surface area contributed by atoms with Crippen molar-refractivity contribution in [2.24, 2.45) is 34.5 Å². The third-order valence-electron chi connectivity index (χ3n) is 9.58. The number of allylic oxidation sites excluding steroid dienone is 4. The average molecular weight is 521 g/mol. The van der Waals surface area contributed by atoms with E-state index in [1.54, 1.807) is 18.2 Å². The van der Waals surface area contributed by atoms with Crippen molar-refractivity contribution in [3.8, 4) is 0 Å². The van der Waals surface area contributed by atoms with Crippen LogP contribution < -0.4 is 0 Å². The van der Waals surface area contributed by atoms with Crippen molar-refractivity contribution in [3.05, 3.63) is 48.0 Å². The molecule has 6 nitrogen and oxygen atoms in total. The Hall–Kier alpha value is -1.89. The molecule has 3 saturated carbocycles. The van der Waals surface area contributed by atoms with Crippen LogP contribution in [0.15, 0.2) is 46.6 Å². The minimum Gasteiger partial charge on any atom is -0.457 e. The zero-order valence-electron chi connectivity index (χ0n) is 20.0. The van der Waals surface area contributed by atoms with Crippen LogP contribution in [0.4, 0.5) is 0 Å². The summed E-state index contributed by atoms with van der Waals surface area (Å²) >= 11 is 12.3. The van der Waals surface area contributed by atoms with Crippen molar-refractivity contribution in [1.82, 2.24) is 0 Å². The maximum absolute atomic E-state index is 13.7. The van der Waals surface area contributed by atoms with E-state index in [0.717, 1.165) is 18.4 Å². The molecule has 3 fully saturated rings. The number of furan rings is 1. The summed E-state index contributed by atoms with van der Waals surface area (Å²) in [6.45, 7) is 5.91. The Bertz CT molecular complexity index is 1120. The first-order chi connectivity index (χ1) is 16.5. The van der Waals surface area contributed by atoms with Gasteiger partial charge < -0.3 is 14.3 Å². The van der Waals surface area contributed by atoms with E-state index < -0.39 is 39.1 Å². The molecule has 0 aromatic carbocycles. The Balaban J connectivity index is 1.59. The van der Waals surface area contributed by atoms with E-state index in [2.05, 4.69) is 6.92 Å². The lowest BCUT2D eigenvalue weighted by molar-refractivity contribution is -0.182. The molecule has 8 heteroatoms. The number of ether oxygens (including phenoxy) is 1. The minimum absolute atomic E-state index is 0.0108. The highest BCUT2D eigenvalue weighted by Crippen LogP contribution is 2.69. The van der Waals surface area contributed by atoms with Gasteiger partial charge in [0.15, 0.2) is 16.2 Å². The van der Waals surface area contributed by atoms with E-state index >= 15 is 0 Å². The van der Waals surface area contributed by atoms with E-state index in [0.29, 0.717) is 6.42 Å². The molecular formula is C27H30Cl2O6. The second-order valence-electron chi connectivity index (χ2n) is 11.1. The van der Waals surface area contributed by atoms with Crippen LogP contribution in [-0.2, 0) is 14.3 Å². The molecule has 0 bridgehead atoms. The van der Waals surface area contributed by atoms with Gasteiger partial charge >= 0.3 is 5.97 Å². The lowest BCUT2D eigenvalue weighted by Crippen LogP contribution is -2.64. The van der Waals surface area contributed by atoms with E-state index in [4.69, 9.17) is 32.4 Å². The van der Waals surface area contributed by atoms with Crippen LogP contribution in [0.3, 0.4) is 0 Å². The predicted molar refractivity (Wildman–Crippen MR) is 130 cm³/mol. The topological polar surface area (TPSA) is 93.8 Å². The molecule has 1 N–H and O–H groups in total. The lowest BCUT2D eigenvalue weighted by atomic mass is 9.46. The largest absolute Gasteiger partial charge is 0.457 e. The molecular weight excluding hydrogens is 491 g/mol. The lowest BCUT2D eigenvalue weighted by Gasteiger charge is -2.60. The fourth-order valence-electron chi connectivity index (χ4n) is 8.19. The zero-order valence-corrected chi connectivity index (χ0v) is 21.5. The standard InChI is InChI=1S/C27H30Cl2O6/c1-14-11-18-17-7-6-15-12-16(30)8-9-25(15,2)21(17)19(31)13-26(18,3)27(14,22(32)23(28)29)35-24(33)20-5-4-10-34-20/h4-5,8-10,12,14,17-19,21,23,31H,6-7,11,13H2,1-3H3/t14?,17-,18-,19?,21+,25-,26-,27-/m0/s1. The molecule has 0 spiro atoms. The summed E-state index contributed by atoms with van der Waals surface area (Å²) in [5.74, 6) is -1.79. The maximum Gasteiger partial charge on any atom is 0.375 e. The number of aliphatic hydroxyl groups is 1. The van der Waals surface area contributed by atoms with Gasteiger partial charge in [0.25, 0.3) is 0 Å². The van der Waals surface area contributed by atoms with Gasteiger partial charge in [0.05, 0.1) is 12.4 Å². The van der Waals surface area contributed by atoms with Gasteiger partial charge in [-0.3, -0.25) is 9.59 Å². The van der Waals surface area contributed by atoms with E-state index in [1.807, 2.05) is 19.9 Å². The number of hydrogen-bond donors (Lipinski definition) is 1. The van der Waals surface area contributed by atoms with Crippen LogP contribution in [0.5, 0.6) is 0 Å². The average Bonchev–Trinajstić information content (AvgIpc) is 3.40. The molecule has 8 atom stereocenters. The minimum atomic E-state index is -1.61. The number of carbonyl (C=O) groups excluding carboxylic acids is 3. The first kappa shape index (κ1) is 24.8. The number of hydrogen-bond acceptors (Lipinski definition) is 6. The molecule has 4 aliphatic carbocycles. The van der Waals surface area contributed by atoms with Crippen LogP contribution in [0.2, 0.25) is 0 Å². The van der Waals surface area contributed by atoms with Gasteiger partial charge in [0, 0.05) is 22.7 Å². The molecule has 0 amide bonds. The molecule has 2 unspecified atom stereocenters. The molecule has 35 heavy (non-hydrogen) atoms. The summed E-state index contributed by atoms with van der Waals surface area (Å²) in [7, 11) is 0. The number of rotatable bonds is 4. The van der Waals surface area contributed by atoms with Gasteiger partial charge in [-0.15, -0.1) is 0 Å². The molecule has 5 rings (SSSR count). The first-order valence-corrected chi connectivity index (χ1v) is 13.0. The second-order valence-corrected chi connectivity index (χ2v) is 12.2. The Morgan fingerprint density at radius 3 is 2.69 bits per heavy atom. The van der Waals surface area contributed by atoms with Crippen LogP contribution in [0.1, 0.15) is 57.0 Å². The van der Waals surface area contributed by atoms with Gasteiger partial charge in [-0.1, -0.05) is 55.6 Å². The molecule has 0 aliphatic heterocycles. The van der Waals surface area contributed by atoms with Crippen molar-refractivity contribution >= 4 is 40.7 Å². The number of halogens is 2. The molecule has 1 aromatic rings. The van der Waals surface area contributed by atoms with Gasteiger partial charge in [-0.2, -0.15) is 0 Å². The maximum atomic E-state index is 13.7. The Morgan fingerprint density at radius 2 is 2.03 bits per heavy atom. The summed E-state index contributed by atoms with van der Waals surface area (Å²) in [4.78, 5) is 37.5. The fourth-order valence-corrected chi connectivity index (χ4v) is 8.51. The van der Waals surface area contributed by atoms with Crippen molar-refractivity contribution in [2.45, 2.75) is 63.0 Å². The number of esters is 1. The van der Waals surface area contributed by atoms with Gasteiger partial charge in [-0.05, 0) is 61.8 Å². The highest BCUT2D eigenvalue weighted by Gasteiger charge is 2.73. The number of aliphatic hydroxyl groups excluding tert-OH is 1. The monoisotopic (exact) mass is 520 g/mol. The summed E-state index contributed by atoms with van der Waals surface area (Å²) in [6.07, 6.45) is 8.20. The number of fused-ring (bicyclic) bond motifs is 5.